The summed E-state index contributed by atoms with van der Waals surface area (Å²) < 4.78 is 11.4. The molecule has 0 spiro atoms. The molecular formula is C15H24ClNO2. The van der Waals surface area contributed by atoms with Gasteiger partial charge in [0.2, 0.25) is 0 Å². The zero-order valence-electron chi connectivity index (χ0n) is 12.0. The number of likely N-dealkylation sites (N-methyl/N-ethyl adjacent to an activating group) is 1. The van der Waals surface area contributed by atoms with Gasteiger partial charge in [0.15, 0.2) is 0 Å². The van der Waals surface area contributed by atoms with Crippen molar-refractivity contribution in [2.24, 2.45) is 0 Å². The van der Waals surface area contributed by atoms with E-state index in [9.17, 15) is 0 Å². The first-order chi connectivity index (χ1) is 9.15. The van der Waals surface area contributed by atoms with Gasteiger partial charge in [0.25, 0.3) is 0 Å². The van der Waals surface area contributed by atoms with E-state index in [-0.39, 0.29) is 12.2 Å². The smallest absolute Gasteiger partial charge is 0.0964 e. The highest BCUT2D eigenvalue weighted by Crippen LogP contribution is 2.24. The summed E-state index contributed by atoms with van der Waals surface area (Å²) in [4.78, 5) is 0. The van der Waals surface area contributed by atoms with E-state index in [1.165, 1.54) is 0 Å². The van der Waals surface area contributed by atoms with Crippen LogP contribution in [0.15, 0.2) is 24.3 Å². The van der Waals surface area contributed by atoms with Crippen LogP contribution >= 0.6 is 11.6 Å². The van der Waals surface area contributed by atoms with Gasteiger partial charge in [-0.15, -0.1) is 0 Å². The molecule has 1 atom stereocenters. The van der Waals surface area contributed by atoms with E-state index in [1.54, 1.807) is 0 Å². The average Bonchev–Trinajstić information content (AvgIpc) is 2.39. The maximum Gasteiger partial charge on any atom is 0.0964 e. The summed E-state index contributed by atoms with van der Waals surface area (Å²) in [6.07, 6.45) is 0.195. The maximum absolute atomic E-state index is 6.22. The van der Waals surface area contributed by atoms with Gasteiger partial charge < -0.3 is 14.8 Å². The van der Waals surface area contributed by atoms with E-state index in [0.717, 1.165) is 23.7 Å². The molecule has 0 fully saturated rings. The lowest BCUT2D eigenvalue weighted by Gasteiger charge is -2.20. The average molecular weight is 286 g/mol. The van der Waals surface area contributed by atoms with Crippen molar-refractivity contribution in [2.75, 3.05) is 26.3 Å². The first kappa shape index (κ1) is 16.4. The largest absolute Gasteiger partial charge is 0.376 e. The number of ether oxygens (including phenoxy) is 2. The minimum absolute atomic E-state index is 0.0376. The van der Waals surface area contributed by atoms with Gasteiger partial charge in [-0.1, -0.05) is 36.7 Å². The van der Waals surface area contributed by atoms with Gasteiger partial charge in [-0.25, -0.2) is 0 Å². The van der Waals surface area contributed by atoms with E-state index >= 15 is 0 Å². The third-order valence-electron chi connectivity index (χ3n) is 2.69. The van der Waals surface area contributed by atoms with Crippen LogP contribution in [0.25, 0.3) is 0 Å². The van der Waals surface area contributed by atoms with Gasteiger partial charge in [-0.2, -0.15) is 0 Å². The molecule has 0 aliphatic rings. The molecule has 1 aromatic rings. The van der Waals surface area contributed by atoms with E-state index in [0.29, 0.717) is 13.2 Å². The molecule has 1 rings (SSSR count). The van der Waals surface area contributed by atoms with Crippen LogP contribution in [0, 0.1) is 0 Å². The lowest BCUT2D eigenvalue weighted by atomic mass is 10.1. The summed E-state index contributed by atoms with van der Waals surface area (Å²) in [5.41, 5.74) is 1.02. The predicted molar refractivity (Wildman–Crippen MR) is 79.8 cm³/mol. The standard InChI is InChI=1S/C15H24ClNO2/c1-4-17-11-15(19-10-9-18-12(2)3)13-7-5-6-8-14(13)16/h5-8,12,15,17H,4,9-11H2,1-3H3. The number of halogens is 1. The molecule has 0 radical (unpaired) electrons. The normalized spacial score (nSPS) is 12.9. The third-order valence-corrected chi connectivity index (χ3v) is 3.03. The Balaban J connectivity index is 2.54. The minimum Gasteiger partial charge on any atom is -0.376 e. The summed E-state index contributed by atoms with van der Waals surface area (Å²) in [7, 11) is 0. The predicted octanol–water partition coefficient (Wildman–Crippen LogP) is 3.43. The number of hydrogen-bond acceptors (Lipinski definition) is 3. The van der Waals surface area contributed by atoms with Crippen molar-refractivity contribution < 1.29 is 9.47 Å². The summed E-state index contributed by atoms with van der Waals surface area (Å²) >= 11 is 6.22. The molecule has 19 heavy (non-hydrogen) atoms. The monoisotopic (exact) mass is 285 g/mol. The van der Waals surface area contributed by atoms with Crippen molar-refractivity contribution >= 4 is 11.6 Å². The van der Waals surface area contributed by atoms with Crippen LogP contribution in [0.2, 0.25) is 5.02 Å². The highest BCUT2D eigenvalue weighted by molar-refractivity contribution is 6.31. The topological polar surface area (TPSA) is 30.5 Å². The number of nitrogens with one attached hydrogen (secondary N) is 1. The van der Waals surface area contributed by atoms with Gasteiger partial charge in [-0.05, 0) is 26.5 Å². The summed E-state index contributed by atoms with van der Waals surface area (Å²) in [5.74, 6) is 0. The quantitative estimate of drug-likeness (QED) is 0.705. The lowest BCUT2D eigenvalue weighted by molar-refractivity contribution is -0.0128. The van der Waals surface area contributed by atoms with Crippen molar-refractivity contribution in [3.63, 3.8) is 0 Å². The fourth-order valence-corrected chi connectivity index (χ4v) is 2.00. The Labute approximate surface area is 121 Å². The molecule has 1 aromatic carbocycles. The highest BCUT2D eigenvalue weighted by Gasteiger charge is 2.14. The lowest BCUT2D eigenvalue weighted by Crippen LogP contribution is -2.24. The summed E-state index contributed by atoms with van der Waals surface area (Å²) in [5, 5.41) is 4.04. The zero-order chi connectivity index (χ0) is 14.1. The van der Waals surface area contributed by atoms with Crippen molar-refractivity contribution in [1.82, 2.24) is 5.32 Å². The van der Waals surface area contributed by atoms with Gasteiger partial charge >= 0.3 is 0 Å². The Morgan fingerprint density at radius 2 is 1.84 bits per heavy atom. The van der Waals surface area contributed by atoms with Crippen LogP contribution in [0.4, 0.5) is 0 Å². The first-order valence-corrected chi connectivity index (χ1v) is 7.21. The molecule has 0 aliphatic carbocycles. The third kappa shape index (κ3) is 6.39. The number of hydrogen-bond donors (Lipinski definition) is 1. The second kappa shape index (κ2) is 9.32. The zero-order valence-corrected chi connectivity index (χ0v) is 12.7. The van der Waals surface area contributed by atoms with Crippen LogP contribution in [0.5, 0.6) is 0 Å². The van der Waals surface area contributed by atoms with Crippen LogP contribution in [-0.4, -0.2) is 32.4 Å². The van der Waals surface area contributed by atoms with Gasteiger partial charge in [0.1, 0.15) is 0 Å². The maximum atomic E-state index is 6.22. The second-order valence-electron chi connectivity index (χ2n) is 4.61. The molecule has 4 heteroatoms. The van der Waals surface area contributed by atoms with Crippen molar-refractivity contribution in [3.05, 3.63) is 34.9 Å². The highest BCUT2D eigenvalue weighted by atomic mass is 35.5. The van der Waals surface area contributed by atoms with E-state index < -0.39 is 0 Å². The summed E-state index contributed by atoms with van der Waals surface area (Å²) in [6.45, 7) is 8.94. The van der Waals surface area contributed by atoms with Crippen molar-refractivity contribution in [2.45, 2.75) is 33.0 Å². The fourth-order valence-electron chi connectivity index (χ4n) is 1.74. The second-order valence-corrected chi connectivity index (χ2v) is 5.02. The molecule has 0 amide bonds. The van der Waals surface area contributed by atoms with Crippen molar-refractivity contribution in [3.8, 4) is 0 Å². The molecule has 3 nitrogen and oxygen atoms in total. The molecule has 0 heterocycles. The van der Waals surface area contributed by atoms with Crippen LogP contribution in [0.3, 0.4) is 0 Å². The molecule has 1 unspecified atom stereocenters. The number of benzene rings is 1. The van der Waals surface area contributed by atoms with Crippen LogP contribution < -0.4 is 5.32 Å². The van der Waals surface area contributed by atoms with E-state index in [4.69, 9.17) is 21.1 Å². The van der Waals surface area contributed by atoms with Crippen LogP contribution in [0.1, 0.15) is 32.4 Å². The molecule has 108 valence electrons. The SMILES string of the molecule is CCNCC(OCCOC(C)C)c1ccccc1Cl. The molecule has 1 N–H and O–H groups in total. The molecule has 0 saturated heterocycles. The van der Waals surface area contributed by atoms with Gasteiger partial charge in [0, 0.05) is 17.1 Å². The van der Waals surface area contributed by atoms with Crippen LogP contribution in [-0.2, 0) is 9.47 Å². The molecule has 0 aliphatic heterocycles. The minimum atomic E-state index is -0.0376. The van der Waals surface area contributed by atoms with E-state index in [2.05, 4.69) is 12.2 Å². The summed E-state index contributed by atoms with van der Waals surface area (Å²) in [6, 6.07) is 7.81. The molecular weight excluding hydrogens is 262 g/mol. The molecule has 0 saturated carbocycles. The van der Waals surface area contributed by atoms with E-state index in [1.807, 2.05) is 38.1 Å². The van der Waals surface area contributed by atoms with Gasteiger partial charge in [-0.3, -0.25) is 0 Å². The Hall–Kier alpha value is -0.610. The molecule has 0 aromatic heterocycles. The van der Waals surface area contributed by atoms with Gasteiger partial charge in [0.05, 0.1) is 25.4 Å². The molecule has 0 bridgehead atoms. The number of rotatable bonds is 9. The Morgan fingerprint density at radius 1 is 1.16 bits per heavy atom. The Morgan fingerprint density at radius 3 is 2.47 bits per heavy atom. The fraction of sp³-hybridized carbons (Fsp3) is 0.600. The Bertz CT molecular complexity index is 358. The first-order valence-electron chi connectivity index (χ1n) is 6.83. The Kier molecular flexibility index (Phi) is 8.07. The van der Waals surface area contributed by atoms with Crippen molar-refractivity contribution in [1.29, 1.82) is 0 Å².